The van der Waals surface area contributed by atoms with Gasteiger partial charge in [0.2, 0.25) is 15.9 Å². The van der Waals surface area contributed by atoms with Gasteiger partial charge in [0, 0.05) is 19.6 Å². The Balaban J connectivity index is 1.71. The molecule has 0 radical (unpaired) electrons. The Morgan fingerprint density at radius 2 is 1.08 bits per heavy atom. The Bertz CT molecular complexity index is 1450. The van der Waals surface area contributed by atoms with Crippen molar-refractivity contribution >= 4 is 15.9 Å². The first-order valence-electron chi connectivity index (χ1n) is 13.1. The summed E-state index contributed by atoms with van der Waals surface area (Å²) in [5.74, 6) is -0.249. The van der Waals surface area contributed by atoms with Crippen molar-refractivity contribution < 1.29 is 13.2 Å². The van der Waals surface area contributed by atoms with Crippen LogP contribution in [0, 0.1) is 27.7 Å². The molecule has 4 rings (SSSR count). The molecule has 5 nitrogen and oxygen atoms in total. The molecule has 0 saturated heterocycles. The lowest BCUT2D eigenvalue weighted by Gasteiger charge is -2.28. The van der Waals surface area contributed by atoms with Crippen LogP contribution >= 0.6 is 0 Å². The number of hydrogen-bond acceptors (Lipinski definition) is 3. The molecule has 0 bridgehead atoms. The summed E-state index contributed by atoms with van der Waals surface area (Å²) >= 11 is 0. The maximum absolute atomic E-state index is 14.2. The van der Waals surface area contributed by atoms with Crippen LogP contribution in [0.4, 0.5) is 0 Å². The van der Waals surface area contributed by atoms with Crippen LogP contribution in [0.25, 0.3) is 0 Å². The minimum Gasteiger partial charge on any atom is -0.333 e. The molecule has 0 aliphatic rings. The predicted molar refractivity (Wildman–Crippen MR) is 157 cm³/mol. The van der Waals surface area contributed by atoms with Crippen molar-refractivity contribution in [3.05, 3.63) is 136 Å². The number of carbonyl (C=O) groups is 1. The van der Waals surface area contributed by atoms with E-state index in [1.54, 1.807) is 4.90 Å². The molecule has 0 aromatic heterocycles. The van der Waals surface area contributed by atoms with E-state index in [9.17, 15) is 13.2 Å². The van der Waals surface area contributed by atoms with Crippen LogP contribution in [-0.2, 0) is 34.5 Å². The minimum absolute atomic E-state index is 0.103. The normalized spacial score (nSPS) is 11.5. The van der Waals surface area contributed by atoms with Crippen LogP contribution in [0.3, 0.4) is 0 Å². The van der Waals surface area contributed by atoms with Crippen LogP contribution in [-0.4, -0.2) is 30.1 Å². The molecule has 0 heterocycles. The highest BCUT2D eigenvalue weighted by Crippen LogP contribution is 2.27. The summed E-state index contributed by atoms with van der Waals surface area (Å²) in [5, 5.41) is 0. The molecule has 0 spiro atoms. The second-order valence-electron chi connectivity index (χ2n) is 10.2. The van der Waals surface area contributed by atoms with Crippen molar-refractivity contribution in [2.75, 3.05) is 6.54 Å². The molecule has 0 unspecified atom stereocenters. The topological polar surface area (TPSA) is 57.7 Å². The Hall–Kier alpha value is -3.74. The summed E-state index contributed by atoms with van der Waals surface area (Å²) in [6.45, 7) is 8.19. The third-order valence-corrected chi connectivity index (χ3v) is 8.88. The van der Waals surface area contributed by atoms with Gasteiger partial charge in [0.05, 0.1) is 11.4 Å². The molecule has 0 fully saturated rings. The van der Waals surface area contributed by atoms with E-state index in [2.05, 4.69) is 0 Å². The molecule has 39 heavy (non-hydrogen) atoms. The van der Waals surface area contributed by atoms with Crippen LogP contribution in [0.5, 0.6) is 0 Å². The number of carbonyl (C=O) groups excluding carboxylic acids is 1. The Labute approximate surface area is 232 Å². The van der Waals surface area contributed by atoms with Gasteiger partial charge in [0.15, 0.2) is 0 Å². The third-order valence-electron chi connectivity index (χ3n) is 6.78. The molecule has 6 heteroatoms. The molecular weight excluding hydrogens is 504 g/mol. The average molecular weight is 541 g/mol. The minimum atomic E-state index is -3.98. The molecule has 0 atom stereocenters. The van der Waals surface area contributed by atoms with Gasteiger partial charge < -0.3 is 4.90 Å². The van der Waals surface area contributed by atoms with Gasteiger partial charge in [-0.2, -0.15) is 4.31 Å². The van der Waals surface area contributed by atoms with E-state index in [1.165, 1.54) is 4.31 Å². The van der Waals surface area contributed by atoms with Gasteiger partial charge in [-0.05, 0) is 55.5 Å². The SMILES string of the molecule is Cc1ccc(CN(CC(=O)N(Cc2ccccc2)Cc2ccccc2)S(=O)(=O)c2c(C)cc(C)cc2C)cc1. The fourth-order valence-electron chi connectivity index (χ4n) is 4.92. The lowest BCUT2D eigenvalue weighted by Crippen LogP contribution is -2.42. The number of aryl methyl sites for hydroxylation is 4. The fourth-order valence-corrected chi connectivity index (χ4v) is 6.71. The number of benzene rings is 4. The molecule has 1 amide bonds. The van der Waals surface area contributed by atoms with Crippen LogP contribution in [0.1, 0.15) is 38.9 Å². The van der Waals surface area contributed by atoms with Gasteiger partial charge in [0.25, 0.3) is 0 Å². The van der Waals surface area contributed by atoms with Crippen molar-refractivity contribution in [2.24, 2.45) is 0 Å². The Morgan fingerprint density at radius 3 is 1.56 bits per heavy atom. The summed E-state index contributed by atoms with van der Waals surface area (Å²) in [7, 11) is -3.98. The monoisotopic (exact) mass is 540 g/mol. The third kappa shape index (κ3) is 7.22. The highest BCUT2D eigenvalue weighted by atomic mass is 32.2. The fraction of sp³-hybridized carbons (Fsp3) is 0.242. The van der Waals surface area contributed by atoms with E-state index in [0.29, 0.717) is 24.2 Å². The first kappa shape index (κ1) is 28.3. The maximum atomic E-state index is 14.2. The second kappa shape index (κ2) is 12.4. The first-order chi connectivity index (χ1) is 18.6. The number of amides is 1. The summed E-state index contributed by atoms with van der Waals surface area (Å²) in [5.41, 5.74) is 6.25. The van der Waals surface area contributed by atoms with Crippen LogP contribution in [0.2, 0.25) is 0 Å². The summed E-state index contributed by atoms with van der Waals surface area (Å²) < 4.78 is 29.7. The van der Waals surface area contributed by atoms with Gasteiger partial charge in [-0.25, -0.2) is 8.42 Å². The zero-order chi connectivity index (χ0) is 28.0. The van der Waals surface area contributed by atoms with Crippen molar-refractivity contribution in [3.63, 3.8) is 0 Å². The summed E-state index contributed by atoms with van der Waals surface area (Å²) in [4.78, 5) is 15.9. The standard InChI is InChI=1S/C33H36N2O3S/c1-25-15-17-31(18-16-25)23-35(39(37,38)33-27(3)19-26(2)20-28(33)4)24-32(36)34(21-29-11-7-5-8-12-29)22-30-13-9-6-10-14-30/h5-20H,21-24H2,1-4H3. The van der Waals surface area contributed by atoms with Crippen molar-refractivity contribution in [2.45, 2.75) is 52.2 Å². The zero-order valence-electron chi connectivity index (χ0n) is 23.1. The van der Waals surface area contributed by atoms with Gasteiger partial charge >= 0.3 is 0 Å². The molecule has 0 aliphatic heterocycles. The molecule has 0 aliphatic carbocycles. The Morgan fingerprint density at radius 1 is 0.615 bits per heavy atom. The molecule has 4 aromatic carbocycles. The highest BCUT2D eigenvalue weighted by molar-refractivity contribution is 7.89. The predicted octanol–water partition coefficient (Wildman–Crippen LogP) is 6.34. The molecule has 4 aromatic rings. The van der Waals surface area contributed by atoms with Crippen molar-refractivity contribution in [1.82, 2.24) is 9.21 Å². The Kier molecular flexibility index (Phi) is 9.00. The lowest BCUT2D eigenvalue weighted by atomic mass is 10.1. The van der Waals surface area contributed by atoms with Gasteiger partial charge in [-0.3, -0.25) is 4.79 Å². The van der Waals surface area contributed by atoms with Gasteiger partial charge in [-0.1, -0.05) is 108 Å². The number of sulfonamides is 1. The van der Waals surface area contributed by atoms with E-state index in [4.69, 9.17) is 0 Å². The average Bonchev–Trinajstić information content (AvgIpc) is 2.89. The smallest absolute Gasteiger partial charge is 0.244 e. The highest BCUT2D eigenvalue weighted by Gasteiger charge is 2.31. The van der Waals surface area contributed by atoms with E-state index >= 15 is 0 Å². The lowest BCUT2D eigenvalue weighted by molar-refractivity contribution is -0.132. The molecule has 202 valence electrons. The second-order valence-corrected chi connectivity index (χ2v) is 12.1. The molecule has 0 saturated carbocycles. The van der Waals surface area contributed by atoms with E-state index in [-0.39, 0.29) is 23.9 Å². The maximum Gasteiger partial charge on any atom is 0.244 e. The van der Waals surface area contributed by atoms with Crippen molar-refractivity contribution in [3.8, 4) is 0 Å². The van der Waals surface area contributed by atoms with E-state index < -0.39 is 10.0 Å². The van der Waals surface area contributed by atoms with Crippen molar-refractivity contribution in [1.29, 1.82) is 0 Å². The number of nitrogens with zero attached hydrogens (tertiary/aromatic N) is 2. The number of rotatable bonds is 10. The first-order valence-corrected chi connectivity index (χ1v) is 14.6. The molecular formula is C33H36N2O3S. The van der Waals surface area contributed by atoms with E-state index in [1.807, 2.05) is 125 Å². The molecule has 0 N–H and O–H groups in total. The largest absolute Gasteiger partial charge is 0.333 e. The van der Waals surface area contributed by atoms with Crippen LogP contribution in [0.15, 0.2) is 102 Å². The van der Waals surface area contributed by atoms with Crippen LogP contribution < -0.4 is 0 Å². The van der Waals surface area contributed by atoms with Gasteiger partial charge in [-0.15, -0.1) is 0 Å². The zero-order valence-corrected chi connectivity index (χ0v) is 23.9. The summed E-state index contributed by atoms with van der Waals surface area (Å²) in [6.07, 6.45) is 0. The summed E-state index contributed by atoms with van der Waals surface area (Å²) in [6, 6.07) is 31.1. The quantitative estimate of drug-likeness (QED) is 0.236. The van der Waals surface area contributed by atoms with Gasteiger partial charge in [0.1, 0.15) is 0 Å². The number of hydrogen-bond donors (Lipinski definition) is 0. The van der Waals surface area contributed by atoms with E-state index in [0.717, 1.165) is 27.8 Å².